The van der Waals surface area contributed by atoms with Gasteiger partial charge in [0.2, 0.25) is 5.91 Å². The van der Waals surface area contributed by atoms with E-state index in [1.165, 1.54) is 11.3 Å². The number of hydrogen-bond donors (Lipinski definition) is 0. The summed E-state index contributed by atoms with van der Waals surface area (Å²) < 4.78 is 24.0. The van der Waals surface area contributed by atoms with Gasteiger partial charge >= 0.3 is 0 Å². The predicted octanol–water partition coefficient (Wildman–Crippen LogP) is 2.39. The number of rotatable bonds is 6. The predicted molar refractivity (Wildman–Crippen MR) is 122 cm³/mol. The monoisotopic (exact) mass is 447 g/mol. The van der Waals surface area contributed by atoms with E-state index in [4.69, 9.17) is 0 Å². The standard InChI is InChI=1S/C22H29N3O3S2/c1-18-5-2-3-7-21(18)24-11-9-23(10-12-24)16-22(26)25(15-20-6-4-13-29-20)19-8-14-30(27,28)17-19/h2-7,13,19H,8-12,14-17H2,1H3/t19-/m1/s1. The highest BCUT2D eigenvalue weighted by Gasteiger charge is 2.35. The fourth-order valence-corrected chi connectivity index (χ4v) is 6.79. The lowest BCUT2D eigenvalue weighted by atomic mass is 10.1. The molecule has 2 aliphatic heterocycles. The molecule has 0 radical (unpaired) electrons. The quantitative estimate of drug-likeness (QED) is 0.681. The summed E-state index contributed by atoms with van der Waals surface area (Å²) in [6.07, 6.45) is 0.542. The minimum Gasteiger partial charge on any atom is -0.369 e. The summed E-state index contributed by atoms with van der Waals surface area (Å²) >= 11 is 1.61. The molecule has 6 nitrogen and oxygen atoms in total. The Morgan fingerprint density at radius 1 is 1.13 bits per heavy atom. The molecule has 0 spiro atoms. The second-order valence-corrected chi connectivity index (χ2v) is 11.5. The van der Waals surface area contributed by atoms with Crippen LogP contribution < -0.4 is 4.90 Å². The highest BCUT2D eigenvalue weighted by molar-refractivity contribution is 7.91. The maximum atomic E-state index is 13.2. The number of sulfone groups is 1. The minimum atomic E-state index is -3.04. The van der Waals surface area contributed by atoms with Gasteiger partial charge in [0.15, 0.2) is 9.84 Å². The molecule has 2 saturated heterocycles. The number of carbonyl (C=O) groups excluding carboxylic acids is 1. The van der Waals surface area contributed by atoms with Crippen molar-refractivity contribution in [2.45, 2.75) is 25.9 Å². The van der Waals surface area contributed by atoms with Crippen molar-refractivity contribution >= 4 is 32.8 Å². The van der Waals surface area contributed by atoms with Crippen molar-refractivity contribution in [1.29, 1.82) is 0 Å². The zero-order valence-corrected chi connectivity index (χ0v) is 19.0. The van der Waals surface area contributed by atoms with Gasteiger partial charge in [-0.15, -0.1) is 11.3 Å². The molecular formula is C22H29N3O3S2. The van der Waals surface area contributed by atoms with Crippen LogP contribution in [0.15, 0.2) is 41.8 Å². The Hall–Kier alpha value is -1.90. The number of aryl methyl sites for hydroxylation is 1. The third-order valence-electron chi connectivity index (χ3n) is 6.06. The minimum absolute atomic E-state index is 0.0369. The number of hydrogen-bond acceptors (Lipinski definition) is 6. The third-order valence-corrected chi connectivity index (χ3v) is 8.67. The van der Waals surface area contributed by atoms with Crippen LogP contribution in [0.25, 0.3) is 0 Å². The number of anilines is 1. The second-order valence-electron chi connectivity index (χ2n) is 8.21. The molecule has 0 saturated carbocycles. The molecule has 162 valence electrons. The average Bonchev–Trinajstić information content (AvgIpc) is 3.36. The molecule has 4 rings (SSSR count). The van der Waals surface area contributed by atoms with E-state index in [0.29, 0.717) is 19.5 Å². The molecule has 2 fully saturated rings. The second kappa shape index (κ2) is 9.08. The van der Waals surface area contributed by atoms with Crippen LogP contribution in [0.2, 0.25) is 0 Å². The van der Waals surface area contributed by atoms with Crippen LogP contribution in [0, 0.1) is 6.92 Å². The van der Waals surface area contributed by atoms with Gasteiger partial charge in [-0.25, -0.2) is 8.42 Å². The lowest BCUT2D eigenvalue weighted by molar-refractivity contribution is -0.135. The molecule has 2 aliphatic rings. The van der Waals surface area contributed by atoms with Crippen molar-refractivity contribution in [3.8, 4) is 0 Å². The number of amides is 1. The van der Waals surface area contributed by atoms with E-state index >= 15 is 0 Å². The summed E-state index contributed by atoms with van der Waals surface area (Å²) in [6.45, 7) is 6.42. The van der Waals surface area contributed by atoms with Gasteiger partial charge in [0.05, 0.1) is 24.6 Å². The normalized spacial score (nSPS) is 21.6. The first-order chi connectivity index (χ1) is 14.4. The first kappa shape index (κ1) is 21.3. The maximum absolute atomic E-state index is 13.2. The highest BCUT2D eigenvalue weighted by Crippen LogP contribution is 2.23. The first-order valence-corrected chi connectivity index (χ1v) is 13.2. The van der Waals surface area contributed by atoms with Gasteiger partial charge in [-0.05, 0) is 36.4 Å². The molecule has 1 atom stereocenters. The number of carbonyl (C=O) groups is 1. The largest absolute Gasteiger partial charge is 0.369 e. The Labute approximate surface area is 183 Å². The molecule has 30 heavy (non-hydrogen) atoms. The van der Waals surface area contributed by atoms with Gasteiger partial charge in [-0.1, -0.05) is 24.3 Å². The molecule has 0 bridgehead atoms. The lowest BCUT2D eigenvalue weighted by Crippen LogP contribution is -2.51. The molecule has 3 heterocycles. The van der Waals surface area contributed by atoms with Crippen LogP contribution in [-0.2, 0) is 21.2 Å². The van der Waals surface area contributed by atoms with Crippen molar-refractivity contribution in [1.82, 2.24) is 9.80 Å². The Balaban J connectivity index is 1.38. The Kier molecular flexibility index (Phi) is 6.46. The summed E-state index contributed by atoms with van der Waals surface area (Å²) in [7, 11) is -3.04. The van der Waals surface area contributed by atoms with Crippen LogP contribution in [0.4, 0.5) is 5.69 Å². The van der Waals surface area contributed by atoms with Gasteiger partial charge in [0.25, 0.3) is 0 Å². The maximum Gasteiger partial charge on any atom is 0.237 e. The summed E-state index contributed by atoms with van der Waals surface area (Å²) in [5, 5.41) is 1.99. The number of piperazine rings is 1. The van der Waals surface area contributed by atoms with E-state index in [9.17, 15) is 13.2 Å². The molecule has 1 aromatic heterocycles. The van der Waals surface area contributed by atoms with E-state index < -0.39 is 9.84 Å². The SMILES string of the molecule is Cc1ccccc1N1CCN(CC(=O)N(Cc2cccs2)[C@@H]2CCS(=O)(=O)C2)CC1. The molecule has 0 unspecified atom stereocenters. The van der Waals surface area contributed by atoms with Crippen molar-refractivity contribution in [2.75, 3.05) is 49.1 Å². The van der Waals surface area contributed by atoms with E-state index in [0.717, 1.165) is 31.1 Å². The molecular weight excluding hydrogens is 418 g/mol. The number of nitrogens with zero attached hydrogens (tertiary/aromatic N) is 3. The van der Waals surface area contributed by atoms with Crippen molar-refractivity contribution < 1.29 is 13.2 Å². The van der Waals surface area contributed by atoms with Gasteiger partial charge in [-0.3, -0.25) is 9.69 Å². The van der Waals surface area contributed by atoms with Crippen molar-refractivity contribution in [3.05, 3.63) is 52.2 Å². The van der Waals surface area contributed by atoms with E-state index in [1.54, 1.807) is 11.3 Å². The van der Waals surface area contributed by atoms with Crippen molar-refractivity contribution in [2.24, 2.45) is 0 Å². The highest BCUT2D eigenvalue weighted by atomic mass is 32.2. The van der Waals surface area contributed by atoms with Gasteiger partial charge in [-0.2, -0.15) is 0 Å². The molecule has 0 aliphatic carbocycles. The Bertz CT molecular complexity index is 967. The first-order valence-electron chi connectivity index (χ1n) is 10.5. The average molecular weight is 448 g/mol. The van der Waals surface area contributed by atoms with Gasteiger partial charge in [0.1, 0.15) is 0 Å². The van der Waals surface area contributed by atoms with Gasteiger partial charge < -0.3 is 9.80 Å². The summed E-state index contributed by atoms with van der Waals surface area (Å²) in [4.78, 5) is 20.7. The fraction of sp³-hybridized carbons (Fsp3) is 0.500. The van der Waals surface area contributed by atoms with Crippen LogP contribution in [0.1, 0.15) is 16.9 Å². The molecule has 2 aromatic rings. The van der Waals surface area contributed by atoms with E-state index in [-0.39, 0.29) is 23.5 Å². The fourth-order valence-electron chi connectivity index (χ4n) is 4.36. The molecule has 1 amide bonds. The van der Waals surface area contributed by atoms with Crippen LogP contribution >= 0.6 is 11.3 Å². The van der Waals surface area contributed by atoms with E-state index in [1.807, 2.05) is 22.4 Å². The van der Waals surface area contributed by atoms with Crippen LogP contribution in [0.3, 0.4) is 0 Å². The van der Waals surface area contributed by atoms with Crippen LogP contribution in [0.5, 0.6) is 0 Å². The van der Waals surface area contributed by atoms with Gasteiger partial charge in [0, 0.05) is 42.8 Å². The van der Waals surface area contributed by atoms with E-state index in [2.05, 4.69) is 41.0 Å². The zero-order valence-electron chi connectivity index (χ0n) is 17.4. The lowest BCUT2D eigenvalue weighted by Gasteiger charge is -2.38. The van der Waals surface area contributed by atoms with Crippen molar-refractivity contribution in [3.63, 3.8) is 0 Å². The molecule has 8 heteroatoms. The van der Waals surface area contributed by atoms with Crippen LogP contribution in [-0.4, -0.2) is 74.4 Å². The number of para-hydroxylation sites is 1. The Morgan fingerprint density at radius 3 is 2.53 bits per heavy atom. The topological polar surface area (TPSA) is 60.9 Å². The Morgan fingerprint density at radius 2 is 1.90 bits per heavy atom. The smallest absolute Gasteiger partial charge is 0.237 e. The number of thiophene rings is 1. The zero-order chi connectivity index (χ0) is 21.1. The summed E-state index contributed by atoms with van der Waals surface area (Å²) in [5.41, 5.74) is 2.53. The molecule has 1 aromatic carbocycles. The third kappa shape index (κ3) is 5.04. The summed E-state index contributed by atoms with van der Waals surface area (Å²) in [5.74, 6) is 0.307. The summed E-state index contributed by atoms with van der Waals surface area (Å²) in [6, 6.07) is 12.2. The number of benzene rings is 1. The molecule has 0 N–H and O–H groups in total.